The van der Waals surface area contributed by atoms with Gasteiger partial charge in [-0.15, -0.1) is 0 Å². The quantitative estimate of drug-likeness (QED) is 0.400. The summed E-state index contributed by atoms with van der Waals surface area (Å²) in [6.07, 6.45) is 3.52. The second-order valence-electron chi connectivity index (χ2n) is 6.53. The molecule has 0 unspecified atom stereocenters. The minimum atomic E-state index is -0.319. The molecule has 0 radical (unpaired) electrons. The van der Waals surface area contributed by atoms with Crippen LogP contribution >= 0.6 is 0 Å². The Morgan fingerprint density at radius 1 is 1.04 bits per heavy atom. The minimum Gasteiger partial charge on any atom is -0.344 e. The topological polar surface area (TPSA) is 22.0 Å². The molecule has 0 aliphatic heterocycles. The summed E-state index contributed by atoms with van der Waals surface area (Å²) < 4.78 is 16.2. The fourth-order valence-corrected chi connectivity index (χ4v) is 3.49. The molecule has 25 heavy (non-hydrogen) atoms. The summed E-state index contributed by atoms with van der Waals surface area (Å²) in [4.78, 5) is 13.0. The van der Waals surface area contributed by atoms with Crippen LogP contribution in [0.1, 0.15) is 47.8 Å². The van der Waals surface area contributed by atoms with Gasteiger partial charge in [0.1, 0.15) is 5.82 Å². The van der Waals surface area contributed by atoms with Gasteiger partial charge < -0.3 is 4.57 Å². The second kappa shape index (κ2) is 7.64. The van der Waals surface area contributed by atoms with Gasteiger partial charge in [-0.1, -0.05) is 56.2 Å². The summed E-state index contributed by atoms with van der Waals surface area (Å²) in [5.41, 5.74) is 3.26. The Bertz CT molecular complexity index is 894. The molecule has 0 N–H and O–H groups in total. The van der Waals surface area contributed by atoms with E-state index in [0.29, 0.717) is 5.56 Å². The lowest BCUT2D eigenvalue weighted by Crippen LogP contribution is -2.08. The molecule has 130 valence electrons. The van der Waals surface area contributed by atoms with Crippen LogP contribution in [0.15, 0.2) is 48.5 Å². The lowest BCUT2D eigenvalue weighted by atomic mass is 10.00. The zero-order chi connectivity index (χ0) is 17.8. The summed E-state index contributed by atoms with van der Waals surface area (Å²) in [5, 5.41) is 0.970. The number of hydrogen-bond donors (Lipinski definition) is 0. The molecular weight excluding hydrogens is 313 g/mol. The van der Waals surface area contributed by atoms with Crippen molar-refractivity contribution < 1.29 is 9.18 Å². The Morgan fingerprint density at radius 2 is 1.76 bits per heavy atom. The molecule has 0 aliphatic rings. The lowest BCUT2D eigenvalue weighted by molar-refractivity contribution is 0.0992. The van der Waals surface area contributed by atoms with Crippen LogP contribution in [-0.4, -0.2) is 10.4 Å². The first-order valence-electron chi connectivity index (χ1n) is 8.98. The van der Waals surface area contributed by atoms with E-state index >= 15 is 0 Å². The van der Waals surface area contributed by atoms with Crippen LogP contribution in [-0.2, 0) is 13.0 Å². The molecule has 0 bridgehead atoms. The van der Waals surface area contributed by atoms with Crippen molar-refractivity contribution >= 4 is 16.7 Å². The van der Waals surface area contributed by atoms with E-state index in [1.165, 1.54) is 12.5 Å². The normalized spacial score (nSPS) is 11.2. The van der Waals surface area contributed by atoms with Crippen molar-refractivity contribution in [1.29, 1.82) is 0 Å². The predicted molar refractivity (Wildman–Crippen MR) is 101 cm³/mol. The van der Waals surface area contributed by atoms with Gasteiger partial charge in [0.05, 0.1) is 0 Å². The number of fused-ring (bicyclic) bond motifs is 1. The highest BCUT2D eigenvalue weighted by atomic mass is 19.1. The van der Waals surface area contributed by atoms with E-state index in [2.05, 4.69) is 17.6 Å². The maximum absolute atomic E-state index is 13.9. The fourth-order valence-electron chi connectivity index (χ4n) is 3.49. The largest absolute Gasteiger partial charge is 0.344 e. The highest BCUT2D eigenvalue weighted by Crippen LogP contribution is 2.28. The van der Waals surface area contributed by atoms with E-state index in [-0.39, 0.29) is 18.0 Å². The number of ketones is 1. The maximum atomic E-state index is 13.9. The SMILES string of the molecule is CCCCCn1c(C)c(C(=O)Cc2ccccc2F)c2ccccc21. The Morgan fingerprint density at radius 3 is 2.52 bits per heavy atom. The molecule has 1 heterocycles. The van der Waals surface area contributed by atoms with E-state index in [0.717, 1.165) is 41.5 Å². The van der Waals surface area contributed by atoms with Crippen molar-refractivity contribution in [2.24, 2.45) is 0 Å². The molecule has 0 aliphatic carbocycles. The van der Waals surface area contributed by atoms with E-state index in [1.54, 1.807) is 18.2 Å². The number of hydrogen-bond acceptors (Lipinski definition) is 1. The van der Waals surface area contributed by atoms with Gasteiger partial charge in [0.25, 0.3) is 0 Å². The first kappa shape index (κ1) is 17.4. The number of halogens is 1. The number of para-hydroxylation sites is 1. The molecule has 0 amide bonds. The second-order valence-corrected chi connectivity index (χ2v) is 6.53. The molecule has 3 aromatic rings. The van der Waals surface area contributed by atoms with Crippen molar-refractivity contribution in [3.63, 3.8) is 0 Å². The molecule has 1 aromatic heterocycles. The molecule has 0 spiro atoms. The summed E-state index contributed by atoms with van der Waals surface area (Å²) in [5.74, 6) is -0.340. The van der Waals surface area contributed by atoms with Crippen molar-refractivity contribution in [2.75, 3.05) is 0 Å². The first-order valence-corrected chi connectivity index (χ1v) is 8.98. The maximum Gasteiger partial charge on any atom is 0.169 e. The van der Waals surface area contributed by atoms with Gasteiger partial charge in [-0.2, -0.15) is 0 Å². The van der Waals surface area contributed by atoms with Crippen LogP contribution in [0, 0.1) is 12.7 Å². The number of aromatic nitrogens is 1. The highest BCUT2D eigenvalue weighted by molar-refractivity contribution is 6.10. The Balaban J connectivity index is 1.99. The molecule has 0 saturated heterocycles. The summed E-state index contributed by atoms with van der Waals surface area (Å²) in [7, 11) is 0. The fraction of sp³-hybridized carbons (Fsp3) is 0.318. The third kappa shape index (κ3) is 3.51. The zero-order valence-corrected chi connectivity index (χ0v) is 14.9. The highest BCUT2D eigenvalue weighted by Gasteiger charge is 2.20. The third-order valence-corrected chi connectivity index (χ3v) is 4.80. The number of benzene rings is 2. The summed E-state index contributed by atoms with van der Waals surface area (Å²) in [6.45, 7) is 5.09. The standard InChI is InChI=1S/C22H24FNO/c1-3-4-9-14-24-16(2)22(18-11-6-8-13-20(18)24)21(25)15-17-10-5-7-12-19(17)23/h5-8,10-13H,3-4,9,14-15H2,1-2H3. The van der Waals surface area contributed by atoms with E-state index < -0.39 is 0 Å². The number of rotatable bonds is 7. The van der Waals surface area contributed by atoms with Crippen LogP contribution in [0.25, 0.3) is 10.9 Å². The molecule has 0 atom stereocenters. The van der Waals surface area contributed by atoms with Gasteiger partial charge in [-0.25, -0.2) is 4.39 Å². The Labute approximate surface area is 148 Å². The third-order valence-electron chi connectivity index (χ3n) is 4.80. The van der Waals surface area contributed by atoms with Gasteiger partial charge >= 0.3 is 0 Å². The summed E-state index contributed by atoms with van der Waals surface area (Å²) >= 11 is 0. The number of Topliss-reactive ketones (excluding diaryl/α,β-unsaturated/α-hetero) is 1. The Hall–Kier alpha value is -2.42. The van der Waals surface area contributed by atoms with Crippen LogP contribution < -0.4 is 0 Å². The average molecular weight is 337 g/mol. The number of unbranched alkanes of at least 4 members (excludes halogenated alkanes) is 2. The average Bonchev–Trinajstić information content (AvgIpc) is 2.89. The number of carbonyl (C=O) groups excluding carboxylic acids is 1. The smallest absolute Gasteiger partial charge is 0.169 e. The predicted octanol–water partition coefficient (Wildman–Crippen LogP) is 5.70. The molecule has 0 saturated carbocycles. The molecular formula is C22H24FNO. The van der Waals surface area contributed by atoms with Gasteiger partial charge in [0.2, 0.25) is 0 Å². The molecule has 0 fully saturated rings. The van der Waals surface area contributed by atoms with E-state index in [1.807, 2.05) is 25.1 Å². The van der Waals surface area contributed by atoms with Gasteiger partial charge in [0.15, 0.2) is 5.78 Å². The minimum absolute atomic E-state index is 0.0203. The van der Waals surface area contributed by atoms with E-state index in [4.69, 9.17) is 0 Å². The first-order chi connectivity index (χ1) is 12.1. The van der Waals surface area contributed by atoms with Crippen LogP contribution in [0.3, 0.4) is 0 Å². The van der Waals surface area contributed by atoms with E-state index in [9.17, 15) is 9.18 Å². The van der Waals surface area contributed by atoms with Gasteiger partial charge in [0, 0.05) is 35.1 Å². The van der Waals surface area contributed by atoms with Gasteiger partial charge in [-0.3, -0.25) is 4.79 Å². The molecule has 3 heteroatoms. The van der Waals surface area contributed by atoms with Crippen molar-refractivity contribution in [2.45, 2.75) is 46.1 Å². The van der Waals surface area contributed by atoms with Crippen LogP contribution in [0.4, 0.5) is 4.39 Å². The van der Waals surface area contributed by atoms with Crippen molar-refractivity contribution in [3.05, 3.63) is 71.2 Å². The Kier molecular flexibility index (Phi) is 5.32. The summed E-state index contributed by atoms with van der Waals surface area (Å²) in [6, 6.07) is 14.5. The molecule has 2 nitrogen and oxygen atoms in total. The number of aryl methyl sites for hydroxylation is 1. The lowest BCUT2D eigenvalue weighted by Gasteiger charge is -2.08. The van der Waals surface area contributed by atoms with Crippen molar-refractivity contribution in [1.82, 2.24) is 4.57 Å². The van der Waals surface area contributed by atoms with Gasteiger partial charge in [-0.05, 0) is 31.0 Å². The molecule has 2 aromatic carbocycles. The zero-order valence-electron chi connectivity index (χ0n) is 14.9. The van der Waals surface area contributed by atoms with Crippen LogP contribution in [0.5, 0.6) is 0 Å². The number of carbonyl (C=O) groups is 1. The number of nitrogens with zero attached hydrogens (tertiary/aromatic N) is 1. The molecule has 3 rings (SSSR count). The van der Waals surface area contributed by atoms with Crippen molar-refractivity contribution in [3.8, 4) is 0 Å². The monoisotopic (exact) mass is 337 g/mol. The van der Waals surface area contributed by atoms with Crippen LogP contribution in [0.2, 0.25) is 0 Å².